The van der Waals surface area contributed by atoms with Crippen LogP contribution in [0.3, 0.4) is 0 Å². The average molecular weight is 320 g/mol. The van der Waals surface area contributed by atoms with Gasteiger partial charge in [-0.1, -0.05) is 48.3 Å². The topological polar surface area (TPSA) is 29.1 Å². The predicted octanol–water partition coefficient (Wildman–Crippen LogP) is 5.21. The number of carbonyl (C=O) groups is 1. The SMILES string of the molecule is CCc1ccc(NC(=O)/C=C/c2ccc(Cl)c(Cl)c2)cc1. The van der Waals surface area contributed by atoms with E-state index >= 15 is 0 Å². The number of anilines is 1. The van der Waals surface area contributed by atoms with Crippen LogP contribution in [0.1, 0.15) is 18.1 Å². The Labute approximate surface area is 134 Å². The number of halogens is 2. The van der Waals surface area contributed by atoms with Crippen LogP contribution >= 0.6 is 23.2 Å². The maximum atomic E-state index is 11.8. The first-order valence-electron chi connectivity index (χ1n) is 6.61. The van der Waals surface area contributed by atoms with Crippen molar-refractivity contribution in [2.75, 3.05) is 5.32 Å². The fourth-order valence-corrected chi connectivity index (χ4v) is 2.10. The Balaban J connectivity index is 1.99. The van der Waals surface area contributed by atoms with E-state index < -0.39 is 0 Å². The van der Waals surface area contributed by atoms with Gasteiger partial charge in [-0.15, -0.1) is 0 Å². The van der Waals surface area contributed by atoms with E-state index in [9.17, 15) is 4.79 Å². The molecule has 0 aliphatic carbocycles. The first kappa shape index (κ1) is 15.6. The molecular weight excluding hydrogens is 305 g/mol. The summed E-state index contributed by atoms with van der Waals surface area (Å²) in [5.74, 6) is -0.190. The molecule has 0 fully saturated rings. The summed E-state index contributed by atoms with van der Waals surface area (Å²) in [4.78, 5) is 11.8. The summed E-state index contributed by atoms with van der Waals surface area (Å²) in [6, 6.07) is 13.0. The van der Waals surface area contributed by atoms with E-state index in [4.69, 9.17) is 23.2 Å². The van der Waals surface area contributed by atoms with Gasteiger partial charge in [0.1, 0.15) is 0 Å². The Kier molecular flexibility index (Phi) is 5.43. The molecule has 0 aliphatic rings. The molecule has 0 spiro atoms. The van der Waals surface area contributed by atoms with Crippen molar-refractivity contribution in [2.45, 2.75) is 13.3 Å². The van der Waals surface area contributed by atoms with Crippen molar-refractivity contribution < 1.29 is 4.79 Å². The molecule has 21 heavy (non-hydrogen) atoms. The highest BCUT2D eigenvalue weighted by molar-refractivity contribution is 6.42. The maximum absolute atomic E-state index is 11.8. The molecule has 2 aromatic rings. The van der Waals surface area contributed by atoms with Crippen LogP contribution in [0, 0.1) is 0 Å². The first-order chi connectivity index (χ1) is 10.1. The molecule has 1 amide bonds. The molecule has 0 atom stereocenters. The number of hydrogen-bond donors (Lipinski definition) is 1. The van der Waals surface area contributed by atoms with Gasteiger partial charge in [-0.3, -0.25) is 4.79 Å². The number of amides is 1. The second kappa shape index (κ2) is 7.30. The number of nitrogens with one attached hydrogen (secondary N) is 1. The van der Waals surface area contributed by atoms with Gasteiger partial charge in [-0.25, -0.2) is 0 Å². The zero-order chi connectivity index (χ0) is 15.2. The van der Waals surface area contributed by atoms with Crippen LogP contribution in [0.5, 0.6) is 0 Å². The van der Waals surface area contributed by atoms with E-state index in [-0.39, 0.29) is 5.91 Å². The first-order valence-corrected chi connectivity index (χ1v) is 7.37. The van der Waals surface area contributed by atoms with Gasteiger partial charge in [0.25, 0.3) is 0 Å². The normalized spacial score (nSPS) is 10.8. The molecule has 2 nitrogen and oxygen atoms in total. The minimum atomic E-state index is -0.190. The van der Waals surface area contributed by atoms with Crippen molar-refractivity contribution in [1.29, 1.82) is 0 Å². The largest absolute Gasteiger partial charge is 0.323 e. The second-order valence-corrected chi connectivity index (χ2v) is 5.36. The van der Waals surface area contributed by atoms with E-state index in [0.717, 1.165) is 17.7 Å². The summed E-state index contributed by atoms with van der Waals surface area (Å²) >= 11 is 11.8. The van der Waals surface area contributed by atoms with Crippen LogP contribution in [0.15, 0.2) is 48.5 Å². The minimum Gasteiger partial charge on any atom is -0.323 e. The Morgan fingerprint density at radius 1 is 1.10 bits per heavy atom. The van der Waals surface area contributed by atoms with E-state index in [1.165, 1.54) is 11.6 Å². The van der Waals surface area contributed by atoms with E-state index in [0.29, 0.717) is 10.0 Å². The average Bonchev–Trinajstić information content (AvgIpc) is 2.49. The standard InChI is InChI=1S/C17H15Cl2NO/c1-2-12-3-7-14(8-4-12)20-17(21)10-6-13-5-9-15(18)16(19)11-13/h3-11H,2H2,1H3,(H,20,21)/b10-6+. The van der Waals surface area contributed by atoms with Crippen LogP contribution in [-0.4, -0.2) is 5.91 Å². The number of hydrogen-bond acceptors (Lipinski definition) is 1. The lowest BCUT2D eigenvalue weighted by molar-refractivity contribution is -0.111. The summed E-state index contributed by atoms with van der Waals surface area (Å²) in [5.41, 5.74) is 2.83. The second-order valence-electron chi connectivity index (χ2n) is 4.55. The van der Waals surface area contributed by atoms with Crippen molar-refractivity contribution in [1.82, 2.24) is 0 Å². The highest BCUT2D eigenvalue weighted by atomic mass is 35.5. The molecule has 0 saturated heterocycles. The molecule has 0 saturated carbocycles. The van der Waals surface area contributed by atoms with Crippen molar-refractivity contribution >= 4 is 40.9 Å². The zero-order valence-electron chi connectivity index (χ0n) is 11.6. The summed E-state index contributed by atoms with van der Waals surface area (Å²) < 4.78 is 0. The van der Waals surface area contributed by atoms with Crippen molar-refractivity contribution in [3.8, 4) is 0 Å². The van der Waals surface area contributed by atoms with Crippen LogP contribution in [0.25, 0.3) is 6.08 Å². The third kappa shape index (κ3) is 4.62. The lowest BCUT2D eigenvalue weighted by Crippen LogP contribution is -2.07. The van der Waals surface area contributed by atoms with Gasteiger partial charge >= 0.3 is 0 Å². The Morgan fingerprint density at radius 3 is 2.43 bits per heavy atom. The lowest BCUT2D eigenvalue weighted by Gasteiger charge is -2.03. The van der Waals surface area contributed by atoms with Gasteiger partial charge in [-0.05, 0) is 47.9 Å². The summed E-state index contributed by atoms with van der Waals surface area (Å²) in [7, 11) is 0. The summed E-state index contributed by atoms with van der Waals surface area (Å²) in [6.45, 7) is 2.09. The molecule has 2 rings (SSSR count). The predicted molar refractivity (Wildman–Crippen MR) is 89.9 cm³/mol. The molecule has 0 unspecified atom stereocenters. The zero-order valence-corrected chi connectivity index (χ0v) is 13.1. The van der Waals surface area contributed by atoms with Gasteiger partial charge in [0, 0.05) is 11.8 Å². The summed E-state index contributed by atoms with van der Waals surface area (Å²) in [5, 5.41) is 3.77. The molecular formula is C17H15Cl2NO. The van der Waals surface area contributed by atoms with Gasteiger partial charge in [0.05, 0.1) is 10.0 Å². The molecule has 108 valence electrons. The van der Waals surface area contributed by atoms with Gasteiger partial charge in [-0.2, -0.15) is 0 Å². The third-order valence-corrected chi connectivity index (χ3v) is 3.74. The smallest absolute Gasteiger partial charge is 0.248 e. The van der Waals surface area contributed by atoms with Gasteiger partial charge < -0.3 is 5.32 Å². The molecule has 0 heterocycles. The Hall–Kier alpha value is -1.77. The van der Waals surface area contributed by atoms with E-state index in [1.54, 1.807) is 24.3 Å². The minimum absolute atomic E-state index is 0.190. The monoisotopic (exact) mass is 319 g/mol. The summed E-state index contributed by atoms with van der Waals surface area (Å²) in [6.07, 6.45) is 4.14. The Morgan fingerprint density at radius 2 is 1.81 bits per heavy atom. The highest BCUT2D eigenvalue weighted by Gasteiger charge is 2.00. The van der Waals surface area contributed by atoms with Crippen molar-refractivity contribution in [3.63, 3.8) is 0 Å². The lowest BCUT2D eigenvalue weighted by atomic mass is 10.1. The number of rotatable bonds is 4. The number of carbonyl (C=O) groups excluding carboxylic acids is 1. The van der Waals surface area contributed by atoms with Crippen LogP contribution in [0.4, 0.5) is 5.69 Å². The Bertz CT molecular complexity index is 663. The molecule has 0 radical (unpaired) electrons. The maximum Gasteiger partial charge on any atom is 0.248 e. The fourth-order valence-electron chi connectivity index (χ4n) is 1.80. The van der Waals surface area contributed by atoms with Crippen LogP contribution < -0.4 is 5.32 Å². The van der Waals surface area contributed by atoms with E-state index in [1.807, 2.05) is 24.3 Å². The number of aryl methyl sites for hydroxylation is 1. The molecule has 0 bridgehead atoms. The molecule has 0 aliphatic heterocycles. The quantitative estimate of drug-likeness (QED) is 0.770. The van der Waals surface area contributed by atoms with Crippen molar-refractivity contribution in [2.24, 2.45) is 0 Å². The van der Waals surface area contributed by atoms with Gasteiger partial charge in [0.2, 0.25) is 5.91 Å². The number of benzene rings is 2. The molecule has 0 aromatic heterocycles. The van der Waals surface area contributed by atoms with Crippen LogP contribution in [-0.2, 0) is 11.2 Å². The molecule has 4 heteroatoms. The van der Waals surface area contributed by atoms with Gasteiger partial charge in [0.15, 0.2) is 0 Å². The molecule has 2 aromatic carbocycles. The third-order valence-electron chi connectivity index (χ3n) is 3.00. The van der Waals surface area contributed by atoms with Crippen molar-refractivity contribution in [3.05, 3.63) is 69.7 Å². The molecule has 1 N–H and O–H groups in total. The highest BCUT2D eigenvalue weighted by Crippen LogP contribution is 2.23. The van der Waals surface area contributed by atoms with E-state index in [2.05, 4.69) is 12.2 Å². The van der Waals surface area contributed by atoms with Crippen LogP contribution in [0.2, 0.25) is 10.0 Å². The fraction of sp³-hybridized carbons (Fsp3) is 0.118.